The molecule has 0 aromatic heterocycles. The molecule has 1 rings (SSSR count). The van der Waals surface area contributed by atoms with Gasteiger partial charge in [-0.2, -0.15) is 0 Å². The zero-order chi connectivity index (χ0) is 14.4. The lowest BCUT2D eigenvalue weighted by atomic mass is 10.0. The van der Waals surface area contributed by atoms with Crippen LogP contribution in [0.25, 0.3) is 0 Å². The summed E-state index contributed by atoms with van der Waals surface area (Å²) in [7, 11) is 0. The highest BCUT2D eigenvalue weighted by Crippen LogP contribution is 2.10. The number of carbonyl (C=O) groups excluding carboxylic acids is 2. The minimum absolute atomic E-state index is 0.00833. The van der Waals surface area contributed by atoms with Gasteiger partial charge in [0.25, 0.3) is 0 Å². The van der Waals surface area contributed by atoms with E-state index in [-0.39, 0.29) is 17.7 Å². The fraction of sp³-hybridized carbons (Fsp3) is 0.857. The van der Waals surface area contributed by atoms with Crippen LogP contribution in [0.3, 0.4) is 0 Å². The molecular weight excluding hydrogens is 244 g/mol. The second kappa shape index (κ2) is 7.48. The van der Waals surface area contributed by atoms with Crippen LogP contribution in [0.4, 0.5) is 0 Å². The van der Waals surface area contributed by atoms with Crippen molar-refractivity contribution in [3.8, 4) is 0 Å². The molecule has 0 bridgehead atoms. The first kappa shape index (κ1) is 16.0. The molecule has 1 heterocycles. The molecule has 110 valence electrons. The fourth-order valence-electron chi connectivity index (χ4n) is 2.02. The molecule has 5 heteroatoms. The van der Waals surface area contributed by atoms with Crippen LogP contribution < -0.4 is 5.32 Å². The first-order chi connectivity index (χ1) is 8.91. The molecule has 1 aliphatic rings. The van der Waals surface area contributed by atoms with E-state index < -0.39 is 6.04 Å². The molecule has 0 radical (unpaired) electrons. The van der Waals surface area contributed by atoms with Gasteiger partial charge in [0.05, 0.1) is 6.61 Å². The number of amides is 2. The van der Waals surface area contributed by atoms with Crippen LogP contribution in [0.15, 0.2) is 0 Å². The van der Waals surface area contributed by atoms with Crippen molar-refractivity contribution in [2.45, 2.75) is 40.2 Å². The molecule has 0 aromatic rings. The van der Waals surface area contributed by atoms with Gasteiger partial charge in [0.2, 0.25) is 11.8 Å². The highest BCUT2D eigenvalue weighted by molar-refractivity contribution is 5.90. The molecule has 2 amide bonds. The second-order valence-electron chi connectivity index (χ2n) is 5.83. The monoisotopic (exact) mass is 270 g/mol. The maximum Gasteiger partial charge on any atom is 0.245 e. The number of hydrogen-bond donors (Lipinski definition) is 1. The summed E-state index contributed by atoms with van der Waals surface area (Å²) in [5.41, 5.74) is 0. The number of nitrogens with one attached hydrogen (secondary N) is 1. The van der Waals surface area contributed by atoms with Crippen LogP contribution in [-0.4, -0.2) is 49.1 Å². The SMILES string of the molecule is CC(C)COCCN1CCC(=O)NC(C(C)C)C1=O. The van der Waals surface area contributed by atoms with Crippen LogP contribution in [-0.2, 0) is 14.3 Å². The van der Waals surface area contributed by atoms with Crippen molar-refractivity contribution < 1.29 is 14.3 Å². The predicted molar refractivity (Wildman–Crippen MR) is 73.6 cm³/mol. The average molecular weight is 270 g/mol. The molecule has 5 nitrogen and oxygen atoms in total. The first-order valence-corrected chi connectivity index (χ1v) is 7.07. The molecule has 1 aliphatic heterocycles. The number of carbonyl (C=O) groups is 2. The Morgan fingerprint density at radius 2 is 2.00 bits per heavy atom. The molecule has 1 unspecified atom stereocenters. The minimum atomic E-state index is -0.403. The molecular formula is C14H26N2O3. The number of ether oxygens (including phenoxy) is 1. The molecule has 1 N–H and O–H groups in total. The van der Waals surface area contributed by atoms with Crippen molar-refractivity contribution >= 4 is 11.8 Å². The van der Waals surface area contributed by atoms with Crippen LogP contribution in [0.5, 0.6) is 0 Å². The van der Waals surface area contributed by atoms with Gasteiger partial charge in [-0.15, -0.1) is 0 Å². The lowest BCUT2D eigenvalue weighted by Gasteiger charge is -2.26. The summed E-state index contributed by atoms with van der Waals surface area (Å²) in [6, 6.07) is -0.403. The molecule has 0 saturated carbocycles. The Balaban J connectivity index is 2.51. The summed E-state index contributed by atoms with van der Waals surface area (Å²) in [4.78, 5) is 25.6. The first-order valence-electron chi connectivity index (χ1n) is 7.07. The highest BCUT2D eigenvalue weighted by atomic mass is 16.5. The van der Waals surface area contributed by atoms with E-state index in [2.05, 4.69) is 19.2 Å². The summed E-state index contributed by atoms with van der Waals surface area (Å²) in [5.74, 6) is 0.562. The Hall–Kier alpha value is -1.10. The van der Waals surface area contributed by atoms with Crippen molar-refractivity contribution in [1.82, 2.24) is 10.2 Å². The fourth-order valence-corrected chi connectivity index (χ4v) is 2.02. The average Bonchev–Trinajstić information content (AvgIpc) is 2.46. The van der Waals surface area contributed by atoms with Crippen molar-refractivity contribution in [3.63, 3.8) is 0 Å². The largest absolute Gasteiger partial charge is 0.379 e. The van der Waals surface area contributed by atoms with Gasteiger partial charge in [-0.1, -0.05) is 27.7 Å². The highest BCUT2D eigenvalue weighted by Gasteiger charge is 2.31. The molecule has 1 saturated heterocycles. The lowest BCUT2D eigenvalue weighted by Crippen LogP contribution is -2.48. The van der Waals surface area contributed by atoms with Gasteiger partial charge in [0.1, 0.15) is 6.04 Å². The van der Waals surface area contributed by atoms with Crippen LogP contribution in [0, 0.1) is 11.8 Å². The second-order valence-corrected chi connectivity index (χ2v) is 5.83. The molecule has 19 heavy (non-hydrogen) atoms. The number of hydrogen-bond acceptors (Lipinski definition) is 3. The molecule has 0 aliphatic carbocycles. The smallest absolute Gasteiger partial charge is 0.245 e. The molecule has 1 atom stereocenters. The summed E-state index contributed by atoms with van der Waals surface area (Å²) in [6.07, 6.45) is 0.374. The van der Waals surface area contributed by atoms with Crippen molar-refractivity contribution in [3.05, 3.63) is 0 Å². The summed E-state index contributed by atoms with van der Waals surface area (Å²) < 4.78 is 5.51. The third-order valence-electron chi connectivity index (χ3n) is 3.13. The van der Waals surface area contributed by atoms with E-state index in [0.29, 0.717) is 38.6 Å². The topological polar surface area (TPSA) is 58.6 Å². The summed E-state index contributed by atoms with van der Waals surface area (Å²) in [6.45, 7) is 10.4. The lowest BCUT2D eigenvalue weighted by molar-refractivity contribution is -0.135. The zero-order valence-corrected chi connectivity index (χ0v) is 12.4. The van der Waals surface area contributed by atoms with E-state index in [4.69, 9.17) is 4.74 Å². The van der Waals surface area contributed by atoms with E-state index in [9.17, 15) is 9.59 Å². The maximum absolute atomic E-state index is 12.3. The van der Waals surface area contributed by atoms with Gasteiger partial charge >= 0.3 is 0 Å². The van der Waals surface area contributed by atoms with Gasteiger partial charge in [-0.3, -0.25) is 9.59 Å². The Kier molecular flexibility index (Phi) is 6.28. The molecule has 0 aromatic carbocycles. The number of rotatable bonds is 6. The quantitative estimate of drug-likeness (QED) is 0.733. The van der Waals surface area contributed by atoms with E-state index in [0.717, 1.165) is 0 Å². The van der Waals surface area contributed by atoms with E-state index in [1.807, 2.05) is 13.8 Å². The predicted octanol–water partition coefficient (Wildman–Crippen LogP) is 1.03. The molecule has 1 fully saturated rings. The van der Waals surface area contributed by atoms with Crippen LogP contribution in [0.1, 0.15) is 34.1 Å². The standard InChI is InChI=1S/C14H26N2O3/c1-10(2)9-19-8-7-16-6-5-12(17)15-13(11(3)4)14(16)18/h10-11,13H,5-9H2,1-4H3,(H,15,17). The van der Waals surface area contributed by atoms with Crippen molar-refractivity contribution in [1.29, 1.82) is 0 Å². The van der Waals surface area contributed by atoms with E-state index >= 15 is 0 Å². The summed E-state index contributed by atoms with van der Waals surface area (Å²) >= 11 is 0. The Morgan fingerprint density at radius 1 is 1.32 bits per heavy atom. The van der Waals surface area contributed by atoms with Crippen molar-refractivity contribution in [2.75, 3.05) is 26.3 Å². The van der Waals surface area contributed by atoms with Gasteiger partial charge < -0.3 is 15.0 Å². The zero-order valence-electron chi connectivity index (χ0n) is 12.4. The molecule has 0 spiro atoms. The van der Waals surface area contributed by atoms with Gasteiger partial charge in [-0.25, -0.2) is 0 Å². The minimum Gasteiger partial charge on any atom is -0.379 e. The van der Waals surface area contributed by atoms with Crippen LogP contribution >= 0.6 is 0 Å². The van der Waals surface area contributed by atoms with Crippen molar-refractivity contribution in [2.24, 2.45) is 11.8 Å². The Bertz CT molecular complexity index is 316. The van der Waals surface area contributed by atoms with E-state index in [1.165, 1.54) is 0 Å². The maximum atomic E-state index is 12.3. The Morgan fingerprint density at radius 3 is 2.58 bits per heavy atom. The van der Waals surface area contributed by atoms with Crippen LogP contribution in [0.2, 0.25) is 0 Å². The van der Waals surface area contributed by atoms with Gasteiger partial charge in [0.15, 0.2) is 0 Å². The third-order valence-corrected chi connectivity index (χ3v) is 3.13. The van der Waals surface area contributed by atoms with E-state index in [1.54, 1.807) is 4.90 Å². The van der Waals surface area contributed by atoms with Gasteiger partial charge in [0, 0.05) is 26.1 Å². The number of nitrogens with zero attached hydrogens (tertiary/aromatic N) is 1. The summed E-state index contributed by atoms with van der Waals surface area (Å²) in [5, 5.41) is 2.80. The van der Waals surface area contributed by atoms with Gasteiger partial charge in [-0.05, 0) is 11.8 Å². The Labute approximate surface area is 115 Å². The normalized spacial score (nSPS) is 20.9. The third kappa shape index (κ3) is 5.19.